The molecule has 3 rings (SSSR count). The van der Waals surface area contributed by atoms with E-state index in [1.165, 1.54) is 34.7 Å². The molecular weight excluding hydrogens is 372 g/mol. The van der Waals surface area contributed by atoms with Crippen molar-refractivity contribution in [1.82, 2.24) is 10.6 Å². The first-order chi connectivity index (χ1) is 14.5. The number of ether oxygens (including phenoxy) is 1. The summed E-state index contributed by atoms with van der Waals surface area (Å²) in [4.78, 5) is 10.9. The molecule has 0 heterocycles. The van der Waals surface area contributed by atoms with Crippen molar-refractivity contribution in [2.75, 3.05) is 13.1 Å². The summed E-state index contributed by atoms with van der Waals surface area (Å²) in [5, 5.41) is 6.12. The fourth-order valence-electron chi connectivity index (χ4n) is 3.47. The lowest BCUT2D eigenvalue weighted by Crippen LogP contribution is -2.29. The minimum absolute atomic E-state index is 0.00121. The Hall–Kier alpha value is -3.11. The lowest BCUT2D eigenvalue weighted by Gasteiger charge is -2.15. The second-order valence-electron chi connectivity index (χ2n) is 7.50. The average Bonchev–Trinajstić information content (AvgIpc) is 2.74. The Kier molecular flexibility index (Phi) is 7.63. The maximum atomic E-state index is 10.9. The van der Waals surface area contributed by atoms with E-state index in [4.69, 9.17) is 4.74 Å². The molecule has 0 fully saturated rings. The number of hydrogen-bond acceptors (Lipinski definition) is 3. The van der Waals surface area contributed by atoms with Crippen molar-refractivity contribution in [2.45, 2.75) is 33.9 Å². The first-order valence-corrected chi connectivity index (χ1v) is 10.4. The lowest BCUT2D eigenvalue weighted by atomic mass is 9.97. The molecule has 0 radical (unpaired) electrons. The predicted molar refractivity (Wildman–Crippen MR) is 123 cm³/mol. The Balaban J connectivity index is 1.59. The molecule has 30 heavy (non-hydrogen) atoms. The highest BCUT2D eigenvalue weighted by Gasteiger charge is 2.08. The molecule has 0 atom stereocenters. The number of nitrogens with one attached hydrogen (secondary N) is 2. The van der Waals surface area contributed by atoms with Crippen LogP contribution in [0.1, 0.15) is 29.2 Å². The molecule has 2 N–H and O–H groups in total. The molecule has 4 nitrogen and oxygen atoms in total. The summed E-state index contributed by atoms with van der Waals surface area (Å²) in [5.74, 6) is 0.903. The van der Waals surface area contributed by atoms with Crippen molar-refractivity contribution in [1.29, 1.82) is 0 Å². The molecule has 156 valence electrons. The Labute approximate surface area is 179 Å². The number of carbonyl (C=O) groups is 1. The number of aryl methyl sites for hydroxylation is 1. The average molecular weight is 403 g/mol. The van der Waals surface area contributed by atoms with Gasteiger partial charge in [0.1, 0.15) is 12.4 Å². The zero-order valence-corrected chi connectivity index (χ0v) is 18.0. The molecule has 3 aromatic rings. The third kappa shape index (κ3) is 5.94. The van der Waals surface area contributed by atoms with Gasteiger partial charge in [0.15, 0.2) is 0 Å². The van der Waals surface area contributed by atoms with Crippen LogP contribution in [0.2, 0.25) is 0 Å². The second kappa shape index (κ2) is 10.6. The molecule has 0 saturated carbocycles. The Morgan fingerprint density at radius 3 is 2.47 bits per heavy atom. The van der Waals surface area contributed by atoms with E-state index in [9.17, 15) is 4.79 Å². The maximum absolute atomic E-state index is 10.9. The van der Waals surface area contributed by atoms with Gasteiger partial charge in [-0.2, -0.15) is 0 Å². The molecule has 0 bridgehead atoms. The minimum Gasteiger partial charge on any atom is -0.489 e. The van der Waals surface area contributed by atoms with Gasteiger partial charge in [-0.25, -0.2) is 0 Å². The van der Waals surface area contributed by atoms with Gasteiger partial charge >= 0.3 is 0 Å². The summed E-state index contributed by atoms with van der Waals surface area (Å²) >= 11 is 0. The largest absolute Gasteiger partial charge is 0.489 e. The third-order valence-electron chi connectivity index (χ3n) is 5.16. The Bertz CT molecular complexity index is 984. The summed E-state index contributed by atoms with van der Waals surface area (Å²) in [7, 11) is 0. The fraction of sp³-hybridized carbons (Fsp3) is 0.269. The molecule has 0 spiro atoms. The normalized spacial score (nSPS) is 10.6. The summed E-state index contributed by atoms with van der Waals surface area (Å²) in [6.45, 7) is 8.44. The van der Waals surface area contributed by atoms with Gasteiger partial charge in [0.2, 0.25) is 5.91 Å². The first kappa shape index (κ1) is 21.6. The van der Waals surface area contributed by atoms with Crippen molar-refractivity contribution in [2.24, 2.45) is 0 Å². The number of hydrogen-bond donors (Lipinski definition) is 2. The van der Waals surface area contributed by atoms with Gasteiger partial charge in [0.05, 0.1) is 0 Å². The quantitative estimate of drug-likeness (QED) is 0.507. The van der Waals surface area contributed by atoms with E-state index in [0.717, 1.165) is 24.4 Å². The molecule has 0 aliphatic rings. The third-order valence-corrected chi connectivity index (χ3v) is 5.16. The molecule has 0 unspecified atom stereocenters. The van der Waals surface area contributed by atoms with Crippen molar-refractivity contribution >= 4 is 5.91 Å². The highest BCUT2D eigenvalue weighted by atomic mass is 16.5. The number of rotatable bonds is 9. The van der Waals surface area contributed by atoms with Crippen molar-refractivity contribution in [3.05, 3.63) is 89.0 Å². The van der Waals surface area contributed by atoms with Crippen LogP contribution in [-0.2, 0) is 17.9 Å². The van der Waals surface area contributed by atoms with E-state index in [1.807, 2.05) is 12.1 Å². The van der Waals surface area contributed by atoms with Gasteiger partial charge in [0, 0.05) is 26.6 Å². The van der Waals surface area contributed by atoms with E-state index in [1.54, 1.807) is 0 Å². The zero-order valence-electron chi connectivity index (χ0n) is 18.0. The van der Waals surface area contributed by atoms with Gasteiger partial charge in [-0.3, -0.25) is 4.79 Å². The van der Waals surface area contributed by atoms with E-state index < -0.39 is 0 Å². The van der Waals surface area contributed by atoms with Crippen LogP contribution in [0.4, 0.5) is 0 Å². The fourth-order valence-corrected chi connectivity index (χ4v) is 3.47. The number of benzene rings is 3. The predicted octanol–water partition coefficient (Wildman–Crippen LogP) is 4.78. The monoisotopic (exact) mass is 402 g/mol. The second-order valence-corrected chi connectivity index (χ2v) is 7.50. The van der Waals surface area contributed by atoms with Crippen LogP contribution in [0.3, 0.4) is 0 Å². The molecular formula is C26H30N2O2. The van der Waals surface area contributed by atoms with Gasteiger partial charge in [-0.15, -0.1) is 0 Å². The van der Waals surface area contributed by atoms with Crippen LogP contribution >= 0.6 is 0 Å². The highest BCUT2D eigenvalue weighted by molar-refractivity contribution is 5.72. The lowest BCUT2D eigenvalue weighted by molar-refractivity contribution is -0.118. The van der Waals surface area contributed by atoms with E-state index in [2.05, 4.69) is 79.1 Å². The molecule has 3 aromatic carbocycles. The zero-order chi connectivity index (χ0) is 21.3. The van der Waals surface area contributed by atoms with Crippen molar-refractivity contribution in [3.63, 3.8) is 0 Å². The van der Waals surface area contributed by atoms with E-state index >= 15 is 0 Å². The molecule has 0 saturated heterocycles. The standard InChI is InChI=1S/C26H30N2O2/c1-19-16-22(17-27-14-15-28-21(3)29)12-13-26(19)30-18-24-10-7-11-25(20(24)2)23-8-5-4-6-9-23/h4-13,16,27H,14-15,17-18H2,1-3H3,(H,28,29). The number of carbonyl (C=O) groups excluding carboxylic acids is 1. The molecule has 0 aromatic heterocycles. The molecule has 1 amide bonds. The smallest absolute Gasteiger partial charge is 0.216 e. The topological polar surface area (TPSA) is 50.4 Å². The SMILES string of the molecule is CC(=O)NCCNCc1ccc(OCc2cccc(-c3ccccc3)c2C)c(C)c1. The Morgan fingerprint density at radius 2 is 1.73 bits per heavy atom. The van der Waals surface area contributed by atoms with Crippen LogP contribution < -0.4 is 15.4 Å². The van der Waals surface area contributed by atoms with E-state index in [-0.39, 0.29) is 5.91 Å². The summed E-state index contributed by atoms with van der Waals surface area (Å²) in [6.07, 6.45) is 0. The maximum Gasteiger partial charge on any atom is 0.216 e. The van der Waals surface area contributed by atoms with Crippen LogP contribution in [0.15, 0.2) is 66.7 Å². The summed E-state index contributed by atoms with van der Waals surface area (Å²) in [5.41, 5.74) is 7.23. The molecule has 0 aliphatic heterocycles. The summed E-state index contributed by atoms with van der Waals surface area (Å²) < 4.78 is 6.15. The van der Waals surface area contributed by atoms with Crippen LogP contribution in [0.5, 0.6) is 5.75 Å². The highest BCUT2D eigenvalue weighted by Crippen LogP contribution is 2.27. The van der Waals surface area contributed by atoms with E-state index in [0.29, 0.717) is 13.2 Å². The molecule has 4 heteroatoms. The van der Waals surface area contributed by atoms with Crippen molar-refractivity contribution < 1.29 is 9.53 Å². The van der Waals surface area contributed by atoms with Gasteiger partial charge in [-0.05, 0) is 53.3 Å². The van der Waals surface area contributed by atoms with Crippen LogP contribution in [0, 0.1) is 13.8 Å². The van der Waals surface area contributed by atoms with Gasteiger partial charge < -0.3 is 15.4 Å². The van der Waals surface area contributed by atoms with Crippen LogP contribution in [0.25, 0.3) is 11.1 Å². The Morgan fingerprint density at radius 1 is 0.933 bits per heavy atom. The van der Waals surface area contributed by atoms with Crippen molar-refractivity contribution in [3.8, 4) is 16.9 Å². The first-order valence-electron chi connectivity index (χ1n) is 10.4. The van der Waals surface area contributed by atoms with Crippen LogP contribution in [-0.4, -0.2) is 19.0 Å². The minimum atomic E-state index is -0.00121. The van der Waals surface area contributed by atoms with Gasteiger partial charge in [0.25, 0.3) is 0 Å². The summed E-state index contributed by atoms with van der Waals surface area (Å²) in [6, 6.07) is 23.1. The molecule has 0 aliphatic carbocycles. The van der Waals surface area contributed by atoms with Gasteiger partial charge in [-0.1, -0.05) is 60.7 Å². The number of amides is 1.